The lowest BCUT2D eigenvalue weighted by Gasteiger charge is -2.19. The number of thiophene rings is 1. The quantitative estimate of drug-likeness (QED) is 0.417. The monoisotopic (exact) mass is 445 g/mol. The molecule has 1 atom stereocenters. The molecule has 1 aliphatic rings. The molecular weight excluding hydrogens is 426 g/mol. The molecule has 0 saturated carbocycles. The molecule has 5 rings (SSSR count). The van der Waals surface area contributed by atoms with Crippen molar-refractivity contribution >= 4 is 33.3 Å². The molecule has 1 aliphatic heterocycles. The summed E-state index contributed by atoms with van der Waals surface area (Å²) in [4.78, 5) is 21.0. The molecule has 2 aromatic heterocycles. The van der Waals surface area contributed by atoms with Crippen LogP contribution in [0.2, 0.25) is 0 Å². The summed E-state index contributed by atoms with van der Waals surface area (Å²) in [6.45, 7) is 0.205. The van der Waals surface area contributed by atoms with Gasteiger partial charge in [0, 0.05) is 4.88 Å². The number of benzene rings is 2. The summed E-state index contributed by atoms with van der Waals surface area (Å²) in [7, 11) is 0. The van der Waals surface area contributed by atoms with Crippen LogP contribution >= 0.6 is 11.3 Å². The minimum atomic E-state index is -0.942. The van der Waals surface area contributed by atoms with Crippen LogP contribution in [0.15, 0.2) is 79.0 Å². The first-order valence-electron chi connectivity index (χ1n) is 10.0. The lowest BCUT2D eigenvalue weighted by molar-refractivity contribution is 0.0696. The zero-order valence-electron chi connectivity index (χ0n) is 16.9. The zero-order chi connectivity index (χ0) is 21.9. The van der Waals surface area contributed by atoms with E-state index in [1.165, 1.54) is 6.33 Å². The minimum absolute atomic E-state index is 0.154. The number of rotatable bonds is 7. The van der Waals surface area contributed by atoms with E-state index in [0.717, 1.165) is 32.0 Å². The van der Waals surface area contributed by atoms with Crippen molar-refractivity contribution in [2.24, 2.45) is 0 Å². The van der Waals surface area contributed by atoms with E-state index < -0.39 is 5.97 Å². The number of ether oxygens (including phenoxy) is 2. The topological polar surface area (TPSA) is 93.6 Å². The molecule has 1 unspecified atom stereocenters. The maximum atomic E-state index is 11.1. The number of fused-ring (bicyclic) bond motifs is 1. The van der Waals surface area contributed by atoms with Gasteiger partial charge in [-0.3, -0.25) is 0 Å². The molecule has 4 aromatic rings. The van der Waals surface area contributed by atoms with Crippen molar-refractivity contribution < 1.29 is 19.4 Å². The maximum absolute atomic E-state index is 11.1. The fourth-order valence-electron chi connectivity index (χ4n) is 3.55. The van der Waals surface area contributed by atoms with Gasteiger partial charge in [-0.05, 0) is 35.7 Å². The van der Waals surface area contributed by atoms with Crippen LogP contribution in [0.5, 0.6) is 0 Å². The van der Waals surface area contributed by atoms with Gasteiger partial charge in [-0.2, -0.15) is 0 Å². The number of nitrogens with zero attached hydrogens (tertiary/aromatic N) is 2. The first-order chi connectivity index (χ1) is 15.7. The minimum Gasteiger partial charge on any atom is -0.478 e. The number of nitrogens with one attached hydrogen (secondary N) is 1. The Morgan fingerprint density at radius 2 is 1.94 bits per heavy atom. The number of hydrogen-bond acceptors (Lipinski definition) is 7. The van der Waals surface area contributed by atoms with Crippen molar-refractivity contribution in [3.63, 3.8) is 0 Å². The zero-order valence-corrected chi connectivity index (χ0v) is 17.7. The number of anilines is 1. The van der Waals surface area contributed by atoms with Gasteiger partial charge in [-0.1, -0.05) is 42.5 Å². The molecule has 32 heavy (non-hydrogen) atoms. The van der Waals surface area contributed by atoms with E-state index in [1.54, 1.807) is 41.9 Å². The van der Waals surface area contributed by atoms with Crippen LogP contribution in [0.1, 0.15) is 15.9 Å². The normalized spacial score (nSPS) is 13.8. The van der Waals surface area contributed by atoms with Gasteiger partial charge in [0.2, 0.25) is 6.79 Å². The molecule has 160 valence electrons. The second-order valence-electron chi connectivity index (χ2n) is 7.27. The summed E-state index contributed by atoms with van der Waals surface area (Å²) in [6, 6.07) is 18.8. The number of aromatic nitrogens is 2. The predicted octanol–water partition coefficient (Wildman–Crippen LogP) is 4.93. The van der Waals surface area contributed by atoms with E-state index in [-0.39, 0.29) is 18.4 Å². The van der Waals surface area contributed by atoms with E-state index in [4.69, 9.17) is 14.6 Å². The van der Waals surface area contributed by atoms with Crippen LogP contribution in [0, 0.1) is 0 Å². The lowest BCUT2D eigenvalue weighted by atomic mass is 10.0. The molecule has 0 aliphatic carbocycles. The largest absolute Gasteiger partial charge is 0.478 e. The van der Waals surface area contributed by atoms with Crippen molar-refractivity contribution in [3.05, 3.63) is 90.1 Å². The van der Waals surface area contributed by atoms with Gasteiger partial charge in [0.15, 0.2) is 5.76 Å². The number of hydrogen-bond donors (Lipinski definition) is 2. The van der Waals surface area contributed by atoms with Gasteiger partial charge in [-0.15, -0.1) is 11.3 Å². The van der Waals surface area contributed by atoms with Crippen LogP contribution in [-0.2, 0) is 15.9 Å². The molecule has 0 bridgehead atoms. The molecule has 0 saturated heterocycles. The average molecular weight is 446 g/mol. The number of aromatic carboxylic acids is 1. The number of carboxylic acids is 1. The van der Waals surface area contributed by atoms with Crippen LogP contribution in [-0.4, -0.2) is 33.9 Å². The van der Waals surface area contributed by atoms with Gasteiger partial charge in [0.25, 0.3) is 0 Å². The highest BCUT2D eigenvalue weighted by atomic mass is 32.1. The third kappa shape index (κ3) is 4.13. The first-order valence-corrected chi connectivity index (χ1v) is 10.8. The van der Waals surface area contributed by atoms with Crippen molar-refractivity contribution in [1.82, 2.24) is 9.97 Å². The van der Waals surface area contributed by atoms with Gasteiger partial charge in [0.05, 0.1) is 21.8 Å². The summed E-state index contributed by atoms with van der Waals surface area (Å²) in [5.74, 6) is 0.495. The van der Waals surface area contributed by atoms with Gasteiger partial charge < -0.3 is 19.9 Å². The summed E-state index contributed by atoms with van der Waals surface area (Å²) in [5, 5.41) is 12.6. The molecule has 3 heterocycles. The molecule has 0 fully saturated rings. The van der Waals surface area contributed by atoms with Gasteiger partial charge in [-0.25, -0.2) is 14.8 Å². The Hall–Kier alpha value is -3.91. The molecule has 7 nitrogen and oxygen atoms in total. The number of carboxylic acid groups (broad SMARTS) is 1. The average Bonchev–Trinajstić information content (AvgIpc) is 3.50. The summed E-state index contributed by atoms with van der Waals surface area (Å²) in [6.07, 6.45) is 3.88. The van der Waals surface area contributed by atoms with E-state index in [0.29, 0.717) is 12.2 Å². The van der Waals surface area contributed by atoms with Crippen LogP contribution in [0.3, 0.4) is 0 Å². The van der Waals surface area contributed by atoms with Crippen molar-refractivity contribution in [2.75, 3.05) is 12.1 Å². The smallest absolute Gasteiger partial charge is 0.335 e. The fraction of sp³-hybridized carbons (Fsp3) is 0.125. The maximum Gasteiger partial charge on any atom is 0.335 e. The fourth-order valence-corrected chi connectivity index (χ4v) is 4.62. The highest BCUT2D eigenvalue weighted by Gasteiger charge is 2.22. The van der Waals surface area contributed by atoms with Crippen LogP contribution < -0.4 is 5.32 Å². The molecule has 2 aromatic carbocycles. The Labute approximate surface area is 188 Å². The standard InChI is InChI=1S/C24H19N3O4S/c28-24(29)17-8-6-16(7-9-17)21-11-19-22(32-21)23(26-13-25-19)27-18(20-12-30-14-31-20)10-15-4-2-1-3-5-15/h1-9,11-13,18H,10,14H2,(H,28,29)(H,25,26,27). The molecule has 2 N–H and O–H groups in total. The molecule has 0 amide bonds. The van der Waals surface area contributed by atoms with Crippen molar-refractivity contribution in [1.29, 1.82) is 0 Å². The van der Waals surface area contributed by atoms with E-state index in [2.05, 4.69) is 27.4 Å². The summed E-state index contributed by atoms with van der Waals surface area (Å²) < 4.78 is 11.9. The van der Waals surface area contributed by atoms with E-state index in [1.807, 2.05) is 24.3 Å². The second kappa shape index (κ2) is 8.68. The third-order valence-electron chi connectivity index (χ3n) is 5.16. The Bertz CT molecular complexity index is 1290. The molecular formula is C24H19N3O4S. The highest BCUT2D eigenvalue weighted by molar-refractivity contribution is 7.22. The SMILES string of the molecule is O=C(O)c1ccc(-c2cc3ncnc(NC(Cc4ccccc4)C4=COCO4)c3s2)cc1. The second-order valence-corrected chi connectivity index (χ2v) is 8.32. The number of carbonyl (C=O) groups is 1. The Morgan fingerprint density at radius 3 is 2.66 bits per heavy atom. The Balaban J connectivity index is 1.46. The van der Waals surface area contributed by atoms with Crippen molar-refractivity contribution in [3.8, 4) is 10.4 Å². The Kier molecular flexibility index (Phi) is 5.43. The summed E-state index contributed by atoms with van der Waals surface area (Å²) in [5.41, 5.74) is 3.17. The van der Waals surface area contributed by atoms with Gasteiger partial charge >= 0.3 is 5.97 Å². The van der Waals surface area contributed by atoms with Crippen LogP contribution in [0.4, 0.5) is 5.82 Å². The Morgan fingerprint density at radius 1 is 1.12 bits per heavy atom. The highest BCUT2D eigenvalue weighted by Crippen LogP contribution is 2.36. The third-order valence-corrected chi connectivity index (χ3v) is 6.34. The predicted molar refractivity (Wildman–Crippen MR) is 122 cm³/mol. The first kappa shape index (κ1) is 20.0. The van der Waals surface area contributed by atoms with Gasteiger partial charge in [0.1, 0.15) is 18.4 Å². The lowest BCUT2D eigenvalue weighted by Crippen LogP contribution is -2.25. The molecule has 0 radical (unpaired) electrons. The summed E-state index contributed by atoms with van der Waals surface area (Å²) >= 11 is 1.56. The molecule has 0 spiro atoms. The van der Waals surface area contributed by atoms with E-state index in [9.17, 15) is 4.79 Å². The molecule has 8 heteroatoms. The van der Waals surface area contributed by atoms with Crippen molar-refractivity contribution in [2.45, 2.75) is 12.5 Å². The van der Waals surface area contributed by atoms with Crippen LogP contribution in [0.25, 0.3) is 20.7 Å². The van der Waals surface area contributed by atoms with E-state index >= 15 is 0 Å².